The smallest absolute Gasteiger partial charge is 0.338 e. The fourth-order valence-electron chi connectivity index (χ4n) is 2.48. The van der Waals surface area contributed by atoms with E-state index in [2.05, 4.69) is 4.98 Å². The Morgan fingerprint density at radius 1 is 1.29 bits per heavy atom. The van der Waals surface area contributed by atoms with Crippen molar-refractivity contribution in [2.45, 2.75) is 6.92 Å². The summed E-state index contributed by atoms with van der Waals surface area (Å²) in [5, 5.41) is 12.7. The molecule has 2 aromatic heterocycles. The molecule has 0 N–H and O–H groups in total. The molecule has 0 bridgehead atoms. The second-order valence-corrected chi connectivity index (χ2v) is 5.21. The normalized spacial score (nSPS) is 11.1. The van der Waals surface area contributed by atoms with Crippen LogP contribution in [-0.4, -0.2) is 26.7 Å². The Bertz CT molecular complexity index is 1110. The van der Waals surface area contributed by atoms with Gasteiger partial charge in [0.15, 0.2) is 0 Å². The predicted molar refractivity (Wildman–Crippen MR) is 84.6 cm³/mol. The number of aryl methyl sites for hydroxylation is 1. The molecule has 0 amide bonds. The van der Waals surface area contributed by atoms with Crippen molar-refractivity contribution in [2.75, 3.05) is 6.61 Å². The third kappa shape index (κ3) is 2.13. The van der Waals surface area contributed by atoms with Gasteiger partial charge in [0.05, 0.1) is 12.2 Å². The highest BCUT2D eigenvalue weighted by Gasteiger charge is 2.22. The van der Waals surface area contributed by atoms with E-state index in [4.69, 9.17) is 4.74 Å². The molecule has 0 unspecified atom stereocenters. The summed E-state index contributed by atoms with van der Waals surface area (Å²) in [6.07, 6.45) is 0. The molecular weight excluding hydrogens is 316 g/mol. The number of hydrogen-bond acceptors (Lipinski definition) is 6. The molecule has 0 radical (unpaired) electrons. The largest absolute Gasteiger partial charge is 0.618 e. The molecule has 9 heteroatoms. The predicted octanol–water partition coefficient (Wildman–Crippen LogP) is -0.404. The van der Waals surface area contributed by atoms with Crippen molar-refractivity contribution < 1.29 is 14.3 Å². The van der Waals surface area contributed by atoms with E-state index in [1.165, 1.54) is 32.3 Å². The lowest BCUT2D eigenvalue weighted by Crippen LogP contribution is -2.44. The van der Waals surface area contributed by atoms with Gasteiger partial charge in [0.2, 0.25) is 11.2 Å². The number of carbonyl (C=O) groups is 1. The Morgan fingerprint density at radius 2 is 2.00 bits per heavy atom. The van der Waals surface area contributed by atoms with Gasteiger partial charge in [-0.1, -0.05) is 0 Å². The maximum atomic E-state index is 12.7. The van der Waals surface area contributed by atoms with Crippen molar-refractivity contribution in [1.82, 2.24) is 14.1 Å². The number of benzene rings is 1. The van der Waals surface area contributed by atoms with Crippen LogP contribution in [0.15, 0.2) is 27.8 Å². The molecule has 1 aromatic carbocycles. The maximum Gasteiger partial charge on any atom is 0.338 e. The van der Waals surface area contributed by atoms with Crippen LogP contribution in [-0.2, 0) is 18.8 Å². The van der Waals surface area contributed by atoms with Crippen molar-refractivity contribution >= 4 is 28.2 Å². The van der Waals surface area contributed by atoms with Gasteiger partial charge in [-0.05, 0) is 19.1 Å². The van der Waals surface area contributed by atoms with Crippen LogP contribution < -0.4 is 16.0 Å². The second kappa shape index (κ2) is 5.44. The van der Waals surface area contributed by atoms with Crippen molar-refractivity contribution in [3.8, 4) is 0 Å². The van der Waals surface area contributed by atoms with E-state index in [9.17, 15) is 19.6 Å². The first kappa shape index (κ1) is 15.7. The molecule has 2 heterocycles. The van der Waals surface area contributed by atoms with Crippen LogP contribution in [0.4, 0.5) is 0 Å². The summed E-state index contributed by atoms with van der Waals surface area (Å²) in [5.41, 5.74) is -1.14. The maximum absolute atomic E-state index is 12.7. The number of nitrogens with zero attached hydrogens (tertiary/aromatic N) is 4. The summed E-state index contributed by atoms with van der Waals surface area (Å²) in [6.45, 7) is 1.87. The average molecular weight is 330 g/mol. The molecule has 0 saturated heterocycles. The molecule has 0 atom stereocenters. The highest BCUT2D eigenvalue weighted by molar-refractivity contribution is 5.93. The number of hydrogen-bond donors (Lipinski definition) is 0. The van der Waals surface area contributed by atoms with E-state index < -0.39 is 17.2 Å². The van der Waals surface area contributed by atoms with Crippen LogP contribution in [0.1, 0.15) is 17.3 Å². The minimum Gasteiger partial charge on any atom is -0.618 e. The molecule has 0 aliphatic carbocycles. The Morgan fingerprint density at radius 3 is 2.67 bits per heavy atom. The van der Waals surface area contributed by atoms with Gasteiger partial charge in [-0.3, -0.25) is 13.9 Å². The van der Waals surface area contributed by atoms with Crippen molar-refractivity contribution in [1.29, 1.82) is 0 Å². The fraction of sp³-hybridized carbons (Fsp3) is 0.267. The zero-order chi connectivity index (χ0) is 17.6. The molecule has 24 heavy (non-hydrogen) atoms. The number of esters is 1. The van der Waals surface area contributed by atoms with Gasteiger partial charge in [0.25, 0.3) is 0 Å². The first-order valence-electron chi connectivity index (χ1n) is 7.17. The van der Waals surface area contributed by atoms with E-state index >= 15 is 0 Å². The first-order valence-corrected chi connectivity index (χ1v) is 7.17. The number of rotatable bonds is 2. The van der Waals surface area contributed by atoms with Gasteiger partial charge >= 0.3 is 22.7 Å². The Hall–Kier alpha value is -3.23. The molecule has 0 fully saturated rings. The first-order chi connectivity index (χ1) is 11.4. The lowest BCUT2D eigenvalue weighted by atomic mass is 10.2. The minimum absolute atomic E-state index is 0.0190. The van der Waals surface area contributed by atoms with Crippen molar-refractivity contribution in [3.05, 3.63) is 49.8 Å². The van der Waals surface area contributed by atoms with E-state index in [0.717, 1.165) is 9.13 Å². The van der Waals surface area contributed by atoms with E-state index in [1.54, 1.807) is 6.92 Å². The number of aromatic nitrogens is 4. The number of fused-ring (bicyclic) bond motifs is 2. The van der Waals surface area contributed by atoms with Gasteiger partial charge < -0.3 is 9.94 Å². The van der Waals surface area contributed by atoms with Gasteiger partial charge in [0, 0.05) is 20.2 Å². The molecular formula is C15H14N4O5. The van der Waals surface area contributed by atoms with Crippen LogP contribution >= 0.6 is 0 Å². The van der Waals surface area contributed by atoms with E-state index in [1.807, 2.05) is 0 Å². The Kier molecular flexibility index (Phi) is 3.55. The van der Waals surface area contributed by atoms with Gasteiger partial charge in [-0.2, -0.15) is 4.73 Å². The standard InChI is InChI=1S/C15H14N4O5/c1-4-24-14(21)8-5-6-9-10(7-8)19(23)11-12(16-9)17(2)15(22)18(3)13(11)20/h5-7H,4H2,1-3H3. The molecule has 3 rings (SSSR count). The van der Waals surface area contributed by atoms with Crippen LogP contribution in [0.5, 0.6) is 0 Å². The Balaban J connectivity index is 2.44. The molecule has 3 aromatic rings. The van der Waals surface area contributed by atoms with Crippen LogP contribution in [0, 0.1) is 5.21 Å². The lowest BCUT2D eigenvalue weighted by Gasteiger charge is -2.09. The third-order valence-electron chi connectivity index (χ3n) is 3.75. The van der Waals surface area contributed by atoms with Crippen LogP contribution in [0.2, 0.25) is 0 Å². The monoisotopic (exact) mass is 330 g/mol. The van der Waals surface area contributed by atoms with Gasteiger partial charge in [0.1, 0.15) is 5.52 Å². The van der Waals surface area contributed by atoms with E-state index in [-0.39, 0.29) is 34.4 Å². The molecule has 9 nitrogen and oxygen atoms in total. The molecule has 124 valence electrons. The molecule has 0 aliphatic rings. The molecule has 0 spiro atoms. The lowest BCUT2D eigenvalue weighted by molar-refractivity contribution is -0.549. The molecule has 0 aliphatic heterocycles. The highest BCUT2D eigenvalue weighted by atomic mass is 16.5. The van der Waals surface area contributed by atoms with Crippen molar-refractivity contribution in [3.63, 3.8) is 0 Å². The van der Waals surface area contributed by atoms with Gasteiger partial charge in [-0.25, -0.2) is 14.6 Å². The van der Waals surface area contributed by atoms with Gasteiger partial charge in [-0.15, -0.1) is 0 Å². The second-order valence-electron chi connectivity index (χ2n) is 5.21. The van der Waals surface area contributed by atoms with E-state index in [0.29, 0.717) is 4.73 Å². The summed E-state index contributed by atoms with van der Waals surface area (Å²) >= 11 is 0. The topological polar surface area (TPSA) is 110 Å². The summed E-state index contributed by atoms with van der Waals surface area (Å²) in [5.74, 6) is -0.576. The summed E-state index contributed by atoms with van der Waals surface area (Å²) in [7, 11) is 2.71. The van der Waals surface area contributed by atoms with Crippen LogP contribution in [0.25, 0.3) is 22.2 Å². The highest BCUT2D eigenvalue weighted by Crippen LogP contribution is 2.14. The molecule has 0 saturated carbocycles. The summed E-state index contributed by atoms with van der Waals surface area (Å²) in [4.78, 5) is 40.3. The van der Waals surface area contributed by atoms with Crippen molar-refractivity contribution in [2.24, 2.45) is 14.1 Å². The summed E-state index contributed by atoms with van der Waals surface area (Å²) in [6, 6.07) is 4.26. The minimum atomic E-state index is -0.751. The zero-order valence-electron chi connectivity index (χ0n) is 13.3. The quantitative estimate of drug-likeness (QED) is 0.273. The number of carbonyl (C=O) groups excluding carboxylic acids is 1. The average Bonchev–Trinajstić information content (AvgIpc) is 2.58. The Labute approximate surface area is 134 Å². The SMILES string of the molecule is CCOC(=O)c1ccc2nc3c(c(=O)n(C)c(=O)n3C)[n+]([O-])c2c1. The zero-order valence-corrected chi connectivity index (χ0v) is 13.3. The fourth-order valence-corrected chi connectivity index (χ4v) is 2.48. The van der Waals surface area contributed by atoms with Crippen LogP contribution in [0.3, 0.4) is 0 Å². The third-order valence-corrected chi connectivity index (χ3v) is 3.75. The number of ether oxygens (including phenoxy) is 1. The summed E-state index contributed by atoms with van der Waals surface area (Å²) < 4.78 is 7.25.